The molecule has 0 unspecified atom stereocenters. The maximum absolute atomic E-state index is 5.55. The molecule has 0 amide bonds. The Morgan fingerprint density at radius 2 is 2.40 bits per heavy atom. The van der Waals surface area contributed by atoms with Gasteiger partial charge in [0.25, 0.3) is 0 Å². The molecular formula is C13H15NO. The highest BCUT2D eigenvalue weighted by Gasteiger charge is 1.94. The molecule has 0 aromatic carbocycles. The quantitative estimate of drug-likeness (QED) is 0.539. The summed E-state index contributed by atoms with van der Waals surface area (Å²) in [7, 11) is 0. The van der Waals surface area contributed by atoms with E-state index in [1.54, 1.807) is 12.3 Å². The van der Waals surface area contributed by atoms with Gasteiger partial charge in [0.05, 0.1) is 5.69 Å². The number of hydrogen-bond acceptors (Lipinski definition) is 2. The molecule has 0 bridgehead atoms. The Labute approximate surface area is 90.6 Å². The summed E-state index contributed by atoms with van der Waals surface area (Å²) in [6.07, 6.45) is 9.10. The molecule has 0 saturated heterocycles. The first-order valence-electron chi connectivity index (χ1n) is 4.85. The molecule has 0 saturated carbocycles. The van der Waals surface area contributed by atoms with E-state index in [9.17, 15) is 0 Å². The van der Waals surface area contributed by atoms with Crippen LogP contribution in [0.2, 0.25) is 0 Å². The van der Waals surface area contributed by atoms with Crippen molar-refractivity contribution in [2.24, 2.45) is 0 Å². The molecule has 2 heteroatoms. The predicted octanol–water partition coefficient (Wildman–Crippen LogP) is 3.24. The lowest BCUT2D eigenvalue weighted by Crippen LogP contribution is -1.93. The van der Waals surface area contributed by atoms with Gasteiger partial charge >= 0.3 is 0 Å². The van der Waals surface area contributed by atoms with Crippen molar-refractivity contribution < 1.29 is 4.74 Å². The molecule has 1 aromatic heterocycles. The van der Waals surface area contributed by atoms with Crippen molar-refractivity contribution in [3.8, 4) is 0 Å². The molecule has 0 atom stereocenters. The summed E-state index contributed by atoms with van der Waals surface area (Å²) >= 11 is 0. The van der Waals surface area contributed by atoms with Gasteiger partial charge in [-0.1, -0.05) is 24.8 Å². The first-order valence-corrected chi connectivity index (χ1v) is 4.85. The van der Waals surface area contributed by atoms with Gasteiger partial charge < -0.3 is 4.74 Å². The van der Waals surface area contributed by atoms with E-state index in [0.717, 1.165) is 11.5 Å². The van der Waals surface area contributed by atoms with E-state index in [2.05, 4.69) is 11.6 Å². The van der Waals surface area contributed by atoms with Crippen LogP contribution in [-0.2, 0) is 11.3 Å². The molecule has 0 radical (unpaired) electrons. The summed E-state index contributed by atoms with van der Waals surface area (Å²) in [6.45, 7) is 6.05. The smallest absolute Gasteiger partial charge is 0.130 e. The summed E-state index contributed by atoms with van der Waals surface area (Å²) < 4.78 is 5.55. The van der Waals surface area contributed by atoms with Crippen molar-refractivity contribution in [2.45, 2.75) is 13.5 Å². The standard InChI is InChI=1S/C13H15NO/c1-3-7-13(8-4-2)15-11-12-9-5-6-10-14-12/h3-10H,1,11H2,2H3/b8-4-,13-7+. The molecule has 0 spiro atoms. The van der Waals surface area contributed by atoms with E-state index in [0.29, 0.717) is 6.61 Å². The third-order valence-corrected chi connectivity index (χ3v) is 1.73. The van der Waals surface area contributed by atoms with Crippen molar-refractivity contribution >= 4 is 0 Å². The van der Waals surface area contributed by atoms with Crippen molar-refractivity contribution in [2.75, 3.05) is 0 Å². The van der Waals surface area contributed by atoms with Crippen LogP contribution in [0.15, 0.2) is 61.0 Å². The van der Waals surface area contributed by atoms with Gasteiger partial charge in [0, 0.05) is 6.20 Å². The Morgan fingerprint density at radius 3 is 3.00 bits per heavy atom. The number of aromatic nitrogens is 1. The molecule has 1 heterocycles. The lowest BCUT2D eigenvalue weighted by Gasteiger charge is -2.05. The fraction of sp³-hybridized carbons (Fsp3) is 0.154. The Morgan fingerprint density at radius 1 is 1.53 bits per heavy atom. The molecule has 1 aromatic rings. The molecule has 0 aliphatic carbocycles. The van der Waals surface area contributed by atoms with Crippen LogP contribution >= 0.6 is 0 Å². The fourth-order valence-corrected chi connectivity index (χ4v) is 1.07. The van der Waals surface area contributed by atoms with Gasteiger partial charge in [0.15, 0.2) is 0 Å². The molecular weight excluding hydrogens is 186 g/mol. The van der Waals surface area contributed by atoms with Crippen LogP contribution in [0.1, 0.15) is 12.6 Å². The van der Waals surface area contributed by atoms with Crippen molar-refractivity contribution in [3.05, 3.63) is 66.7 Å². The normalized spacial score (nSPS) is 11.7. The van der Waals surface area contributed by atoms with Crippen LogP contribution in [0, 0.1) is 0 Å². The highest BCUT2D eigenvalue weighted by atomic mass is 16.5. The number of rotatable bonds is 5. The second-order valence-electron chi connectivity index (χ2n) is 2.91. The number of pyridine rings is 1. The molecule has 2 nitrogen and oxygen atoms in total. The average Bonchev–Trinajstić information content (AvgIpc) is 2.28. The second kappa shape index (κ2) is 6.60. The average molecular weight is 201 g/mol. The van der Waals surface area contributed by atoms with Gasteiger partial charge in [-0.25, -0.2) is 0 Å². The zero-order valence-electron chi connectivity index (χ0n) is 8.89. The van der Waals surface area contributed by atoms with Crippen LogP contribution in [-0.4, -0.2) is 4.98 Å². The van der Waals surface area contributed by atoms with E-state index >= 15 is 0 Å². The van der Waals surface area contributed by atoms with E-state index < -0.39 is 0 Å². The Hall–Kier alpha value is -1.83. The first-order chi connectivity index (χ1) is 7.36. The summed E-state index contributed by atoms with van der Waals surface area (Å²) in [5.41, 5.74) is 0.914. The molecule has 0 aliphatic heterocycles. The van der Waals surface area contributed by atoms with Gasteiger partial charge in [0.2, 0.25) is 0 Å². The van der Waals surface area contributed by atoms with Gasteiger partial charge in [-0.15, -0.1) is 0 Å². The maximum atomic E-state index is 5.55. The molecule has 0 aliphatic rings. The minimum absolute atomic E-state index is 0.477. The van der Waals surface area contributed by atoms with Crippen LogP contribution in [0.3, 0.4) is 0 Å². The first kappa shape index (κ1) is 11.2. The Kier molecular flexibility index (Phi) is 4.95. The molecule has 0 N–H and O–H groups in total. The number of ether oxygens (including phenoxy) is 1. The maximum Gasteiger partial charge on any atom is 0.130 e. The minimum Gasteiger partial charge on any atom is -0.487 e. The van der Waals surface area contributed by atoms with E-state index in [1.807, 2.05) is 43.4 Å². The lowest BCUT2D eigenvalue weighted by molar-refractivity contribution is 0.207. The Bertz CT molecular complexity index is 352. The SMILES string of the molecule is C=C/C=C(\C=C/C)OCc1ccccn1. The number of allylic oxidation sites excluding steroid dienone is 4. The Balaban J connectivity index is 2.55. The molecule has 15 heavy (non-hydrogen) atoms. The van der Waals surface area contributed by atoms with E-state index in [1.165, 1.54) is 0 Å². The highest BCUT2D eigenvalue weighted by Crippen LogP contribution is 2.05. The third-order valence-electron chi connectivity index (χ3n) is 1.73. The zero-order chi connectivity index (χ0) is 10.9. The zero-order valence-corrected chi connectivity index (χ0v) is 8.89. The second-order valence-corrected chi connectivity index (χ2v) is 2.91. The summed E-state index contributed by atoms with van der Waals surface area (Å²) in [4.78, 5) is 4.17. The molecule has 0 fully saturated rings. The number of hydrogen-bond donors (Lipinski definition) is 0. The topological polar surface area (TPSA) is 22.1 Å². The van der Waals surface area contributed by atoms with Gasteiger partial charge in [-0.05, 0) is 31.2 Å². The molecule has 1 rings (SSSR count). The summed E-state index contributed by atoms with van der Waals surface area (Å²) in [5.74, 6) is 0.790. The fourth-order valence-electron chi connectivity index (χ4n) is 1.07. The summed E-state index contributed by atoms with van der Waals surface area (Å²) in [6, 6.07) is 5.76. The van der Waals surface area contributed by atoms with Crippen LogP contribution in [0.4, 0.5) is 0 Å². The van der Waals surface area contributed by atoms with Gasteiger partial charge in [0.1, 0.15) is 12.4 Å². The van der Waals surface area contributed by atoms with Crippen molar-refractivity contribution in [3.63, 3.8) is 0 Å². The number of nitrogens with zero attached hydrogens (tertiary/aromatic N) is 1. The van der Waals surface area contributed by atoms with Crippen molar-refractivity contribution in [1.82, 2.24) is 4.98 Å². The predicted molar refractivity (Wildman–Crippen MR) is 62.1 cm³/mol. The van der Waals surface area contributed by atoms with Crippen molar-refractivity contribution in [1.29, 1.82) is 0 Å². The van der Waals surface area contributed by atoms with Crippen LogP contribution in [0.25, 0.3) is 0 Å². The van der Waals surface area contributed by atoms with Gasteiger partial charge in [-0.2, -0.15) is 0 Å². The van der Waals surface area contributed by atoms with Gasteiger partial charge in [-0.3, -0.25) is 4.98 Å². The van der Waals surface area contributed by atoms with E-state index in [-0.39, 0.29) is 0 Å². The molecule has 78 valence electrons. The highest BCUT2D eigenvalue weighted by molar-refractivity contribution is 5.17. The third kappa shape index (κ3) is 4.27. The largest absolute Gasteiger partial charge is 0.487 e. The van der Waals surface area contributed by atoms with Crippen LogP contribution < -0.4 is 0 Å². The lowest BCUT2D eigenvalue weighted by atomic mass is 10.3. The monoisotopic (exact) mass is 201 g/mol. The summed E-state index contributed by atoms with van der Waals surface area (Å²) in [5, 5.41) is 0. The minimum atomic E-state index is 0.477. The van der Waals surface area contributed by atoms with Crippen LogP contribution in [0.5, 0.6) is 0 Å². The van der Waals surface area contributed by atoms with E-state index in [4.69, 9.17) is 4.74 Å².